The molecule has 1 aliphatic rings. The molecule has 1 aromatic rings. The van der Waals surface area contributed by atoms with E-state index in [1.54, 1.807) is 6.92 Å². The average molecular weight is 297 g/mol. The van der Waals surface area contributed by atoms with E-state index in [1.807, 2.05) is 23.1 Å². The Kier molecular flexibility index (Phi) is 5.26. The first-order valence-electron chi connectivity index (χ1n) is 7.06. The van der Waals surface area contributed by atoms with Gasteiger partial charge in [-0.25, -0.2) is 0 Å². The number of carbonyl (C=O) groups is 1. The first kappa shape index (κ1) is 15.1. The van der Waals surface area contributed by atoms with Crippen molar-refractivity contribution in [2.75, 3.05) is 19.6 Å². The predicted molar refractivity (Wildman–Crippen MR) is 80.1 cm³/mol. The summed E-state index contributed by atoms with van der Waals surface area (Å²) >= 11 is 6.17. The van der Waals surface area contributed by atoms with Crippen molar-refractivity contribution < 1.29 is 9.53 Å². The van der Waals surface area contributed by atoms with Crippen LogP contribution in [0.25, 0.3) is 0 Å². The lowest BCUT2D eigenvalue weighted by molar-refractivity contribution is -0.136. The zero-order valence-corrected chi connectivity index (χ0v) is 12.5. The number of likely N-dealkylation sites (tertiary alicyclic amines) is 1. The maximum absolute atomic E-state index is 12.2. The monoisotopic (exact) mass is 296 g/mol. The Labute approximate surface area is 124 Å². The van der Waals surface area contributed by atoms with Gasteiger partial charge in [0.05, 0.1) is 0 Å². The topological polar surface area (TPSA) is 55.6 Å². The second-order valence-electron chi connectivity index (χ2n) is 5.05. The van der Waals surface area contributed by atoms with Gasteiger partial charge in [-0.2, -0.15) is 0 Å². The van der Waals surface area contributed by atoms with Crippen LogP contribution in [0.3, 0.4) is 0 Å². The van der Waals surface area contributed by atoms with Gasteiger partial charge in [0, 0.05) is 23.7 Å². The molecule has 1 atom stereocenters. The van der Waals surface area contributed by atoms with Gasteiger partial charge >= 0.3 is 0 Å². The minimum absolute atomic E-state index is 0.0428. The summed E-state index contributed by atoms with van der Waals surface area (Å²) in [5.41, 5.74) is 6.47. The number of benzene rings is 1. The molecular formula is C15H21ClN2O2. The van der Waals surface area contributed by atoms with Gasteiger partial charge in [0.1, 0.15) is 5.75 Å². The normalized spacial score (nSPS) is 16.2. The first-order chi connectivity index (χ1) is 9.63. The smallest absolute Gasteiger partial charge is 0.263 e. The van der Waals surface area contributed by atoms with E-state index in [1.165, 1.54) is 0 Å². The van der Waals surface area contributed by atoms with Crippen molar-refractivity contribution in [1.82, 2.24) is 4.90 Å². The van der Waals surface area contributed by atoms with E-state index in [9.17, 15) is 4.79 Å². The standard InChI is InChI=1S/C15H21ClN2O2/c1-11(15(19)18-9-2-3-10-18)20-14-6-4-5-13(16)12(14)7-8-17/h4-6,11H,2-3,7-10,17H2,1H3. The maximum atomic E-state index is 12.2. The predicted octanol–water partition coefficient (Wildman–Crippen LogP) is 2.23. The van der Waals surface area contributed by atoms with Crippen molar-refractivity contribution in [1.29, 1.82) is 0 Å². The summed E-state index contributed by atoms with van der Waals surface area (Å²) in [5, 5.41) is 0.633. The molecule has 1 aromatic carbocycles. The minimum atomic E-state index is -0.497. The number of rotatable bonds is 5. The molecule has 1 unspecified atom stereocenters. The second kappa shape index (κ2) is 6.95. The summed E-state index contributed by atoms with van der Waals surface area (Å²) in [6, 6.07) is 5.47. The van der Waals surface area contributed by atoms with Crippen LogP contribution in [-0.4, -0.2) is 36.5 Å². The van der Waals surface area contributed by atoms with Crippen LogP contribution in [0.15, 0.2) is 18.2 Å². The second-order valence-corrected chi connectivity index (χ2v) is 5.45. The van der Waals surface area contributed by atoms with Crippen LogP contribution in [0.1, 0.15) is 25.3 Å². The lowest BCUT2D eigenvalue weighted by Gasteiger charge is -2.22. The fourth-order valence-corrected chi connectivity index (χ4v) is 2.73. The van der Waals surface area contributed by atoms with Gasteiger partial charge < -0.3 is 15.4 Å². The van der Waals surface area contributed by atoms with Crippen LogP contribution in [-0.2, 0) is 11.2 Å². The number of hydrogen-bond acceptors (Lipinski definition) is 3. The number of carbonyl (C=O) groups excluding carboxylic acids is 1. The third kappa shape index (κ3) is 3.44. The van der Waals surface area contributed by atoms with Gasteiger partial charge in [-0.1, -0.05) is 17.7 Å². The summed E-state index contributed by atoms with van der Waals surface area (Å²) < 4.78 is 5.82. The van der Waals surface area contributed by atoms with Gasteiger partial charge in [-0.3, -0.25) is 4.79 Å². The first-order valence-corrected chi connectivity index (χ1v) is 7.44. The Morgan fingerprint density at radius 1 is 1.45 bits per heavy atom. The molecule has 0 spiro atoms. The molecule has 0 bridgehead atoms. The van der Waals surface area contributed by atoms with Gasteiger partial charge in [0.15, 0.2) is 6.10 Å². The largest absolute Gasteiger partial charge is 0.481 e. The molecule has 0 aliphatic carbocycles. The average Bonchev–Trinajstić information content (AvgIpc) is 2.96. The summed E-state index contributed by atoms with van der Waals surface area (Å²) in [6.07, 6.45) is 2.30. The van der Waals surface area contributed by atoms with Crippen LogP contribution in [0.4, 0.5) is 0 Å². The van der Waals surface area contributed by atoms with Gasteiger partial charge in [-0.15, -0.1) is 0 Å². The van der Waals surface area contributed by atoms with E-state index >= 15 is 0 Å². The van der Waals surface area contributed by atoms with Crippen molar-refractivity contribution in [3.63, 3.8) is 0 Å². The molecule has 5 heteroatoms. The fourth-order valence-electron chi connectivity index (χ4n) is 2.47. The molecule has 20 heavy (non-hydrogen) atoms. The van der Waals surface area contributed by atoms with Crippen molar-refractivity contribution >= 4 is 17.5 Å². The number of nitrogens with zero attached hydrogens (tertiary/aromatic N) is 1. The minimum Gasteiger partial charge on any atom is -0.481 e. The van der Waals surface area contributed by atoms with E-state index < -0.39 is 6.10 Å². The molecule has 110 valence electrons. The Hall–Kier alpha value is -1.26. The summed E-state index contributed by atoms with van der Waals surface area (Å²) in [4.78, 5) is 14.1. The summed E-state index contributed by atoms with van der Waals surface area (Å²) in [6.45, 7) is 3.94. The van der Waals surface area contributed by atoms with Crippen LogP contribution in [0, 0.1) is 0 Å². The highest BCUT2D eigenvalue weighted by Crippen LogP contribution is 2.28. The lowest BCUT2D eigenvalue weighted by atomic mass is 10.1. The molecular weight excluding hydrogens is 276 g/mol. The molecule has 0 radical (unpaired) electrons. The molecule has 1 amide bonds. The number of ether oxygens (including phenoxy) is 1. The molecule has 2 rings (SSSR count). The Morgan fingerprint density at radius 3 is 2.80 bits per heavy atom. The molecule has 1 heterocycles. The lowest BCUT2D eigenvalue weighted by Crippen LogP contribution is -2.38. The Morgan fingerprint density at radius 2 is 2.15 bits per heavy atom. The summed E-state index contributed by atoms with van der Waals surface area (Å²) in [7, 11) is 0. The van der Waals surface area contributed by atoms with Crippen LogP contribution >= 0.6 is 11.6 Å². The highest BCUT2D eigenvalue weighted by Gasteiger charge is 2.25. The van der Waals surface area contributed by atoms with Crippen LogP contribution in [0.5, 0.6) is 5.75 Å². The zero-order valence-electron chi connectivity index (χ0n) is 11.8. The van der Waals surface area contributed by atoms with Crippen molar-refractivity contribution in [2.45, 2.75) is 32.3 Å². The van der Waals surface area contributed by atoms with Crippen molar-refractivity contribution in [2.24, 2.45) is 5.73 Å². The quantitative estimate of drug-likeness (QED) is 0.906. The summed E-state index contributed by atoms with van der Waals surface area (Å²) in [5.74, 6) is 0.698. The number of nitrogens with two attached hydrogens (primary N) is 1. The molecule has 1 aliphatic heterocycles. The number of amides is 1. The number of hydrogen-bond donors (Lipinski definition) is 1. The van der Waals surface area contributed by atoms with Gasteiger partial charge in [0.2, 0.25) is 0 Å². The maximum Gasteiger partial charge on any atom is 0.263 e. The third-order valence-corrected chi connectivity index (χ3v) is 3.89. The van der Waals surface area contributed by atoms with E-state index in [2.05, 4.69) is 0 Å². The zero-order chi connectivity index (χ0) is 14.5. The van der Waals surface area contributed by atoms with Crippen molar-refractivity contribution in [3.05, 3.63) is 28.8 Å². The van der Waals surface area contributed by atoms with Gasteiger partial charge in [0.25, 0.3) is 5.91 Å². The van der Waals surface area contributed by atoms with Crippen LogP contribution in [0.2, 0.25) is 5.02 Å². The van der Waals surface area contributed by atoms with E-state index in [0.717, 1.165) is 31.5 Å². The molecule has 0 saturated carbocycles. The molecule has 4 nitrogen and oxygen atoms in total. The SMILES string of the molecule is CC(Oc1cccc(Cl)c1CCN)C(=O)N1CCCC1. The Balaban J connectivity index is 2.08. The number of halogens is 1. The van der Waals surface area contributed by atoms with E-state index in [-0.39, 0.29) is 5.91 Å². The van der Waals surface area contributed by atoms with Crippen molar-refractivity contribution in [3.8, 4) is 5.75 Å². The van der Waals surface area contributed by atoms with Gasteiger partial charge in [-0.05, 0) is 44.9 Å². The highest BCUT2D eigenvalue weighted by atomic mass is 35.5. The molecule has 1 fully saturated rings. The third-order valence-electron chi connectivity index (χ3n) is 3.54. The van der Waals surface area contributed by atoms with E-state index in [0.29, 0.717) is 23.7 Å². The molecule has 2 N–H and O–H groups in total. The Bertz CT molecular complexity index is 473. The molecule has 1 saturated heterocycles. The highest BCUT2D eigenvalue weighted by molar-refractivity contribution is 6.31. The van der Waals surface area contributed by atoms with Crippen LogP contribution < -0.4 is 10.5 Å². The molecule has 0 aromatic heterocycles. The van der Waals surface area contributed by atoms with E-state index in [4.69, 9.17) is 22.1 Å². The fraction of sp³-hybridized carbons (Fsp3) is 0.533.